The van der Waals surface area contributed by atoms with E-state index in [1.54, 1.807) is 0 Å². The molecule has 7 heteroatoms. The zero-order valence-electron chi connectivity index (χ0n) is 11.9. The minimum absolute atomic E-state index is 0. The van der Waals surface area contributed by atoms with Crippen LogP contribution in [-0.2, 0) is 4.74 Å². The summed E-state index contributed by atoms with van der Waals surface area (Å²) >= 11 is 0. The third-order valence-electron chi connectivity index (χ3n) is 4.70. The molecular weight excluding hydrogens is 321 g/mol. The molecule has 2 N–H and O–H groups in total. The number of hydrogen-bond acceptors (Lipinski definition) is 4. The van der Waals surface area contributed by atoms with Gasteiger partial charge in [0.25, 0.3) is 0 Å². The van der Waals surface area contributed by atoms with Gasteiger partial charge in [-0.15, -0.1) is 37.2 Å². The van der Waals surface area contributed by atoms with Crippen LogP contribution in [0.5, 0.6) is 0 Å². The third-order valence-corrected chi connectivity index (χ3v) is 4.70. The molecule has 3 saturated heterocycles. The predicted octanol–water partition coefficient (Wildman–Crippen LogP) is 1.54. The van der Waals surface area contributed by atoms with Gasteiger partial charge in [-0.25, -0.2) is 0 Å². The molecule has 0 saturated carbocycles. The van der Waals surface area contributed by atoms with Crippen LogP contribution < -0.4 is 5.73 Å². The summed E-state index contributed by atoms with van der Waals surface area (Å²) in [5.74, 6) is 0. The van der Waals surface area contributed by atoms with Gasteiger partial charge in [0.05, 0.1) is 13.2 Å². The van der Waals surface area contributed by atoms with E-state index in [9.17, 15) is 0 Å². The second-order valence-corrected chi connectivity index (χ2v) is 5.81. The average molecular weight is 349 g/mol. The van der Waals surface area contributed by atoms with Crippen molar-refractivity contribution < 1.29 is 4.74 Å². The van der Waals surface area contributed by atoms with Crippen LogP contribution in [0.2, 0.25) is 0 Å². The van der Waals surface area contributed by atoms with Gasteiger partial charge in [0.2, 0.25) is 0 Å². The predicted molar refractivity (Wildman–Crippen MR) is 89.7 cm³/mol. The Morgan fingerprint density at radius 3 is 2.00 bits per heavy atom. The maximum absolute atomic E-state index is 6.10. The number of halogens is 3. The highest BCUT2D eigenvalue weighted by Crippen LogP contribution is 2.34. The average Bonchev–Trinajstić information content (AvgIpc) is 2.59. The Labute approximate surface area is 141 Å². The maximum atomic E-state index is 6.10. The molecule has 3 fully saturated rings. The minimum atomic E-state index is 0. The molecule has 3 rings (SSSR count). The van der Waals surface area contributed by atoms with Crippen molar-refractivity contribution >= 4 is 37.2 Å². The topological polar surface area (TPSA) is 41.7 Å². The van der Waals surface area contributed by atoms with E-state index in [2.05, 4.69) is 9.80 Å². The van der Waals surface area contributed by atoms with Crippen molar-refractivity contribution in [3.8, 4) is 0 Å². The fraction of sp³-hybridized carbons (Fsp3) is 1.00. The number of nitrogens with two attached hydrogens (primary N) is 1. The fourth-order valence-electron chi connectivity index (χ4n) is 3.76. The molecule has 122 valence electrons. The van der Waals surface area contributed by atoms with E-state index in [-0.39, 0.29) is 37.2 Å². The number of morpholine rings is 1. The number of fused-ring (bicyclic) bond motifs is 2. The molecule has 3 atom stereocenters. The Balaban J connectivity index is 0.00000120. The Morgan fingerprint density at radius 1 is 0.900 bits per heavy atom. The van der Waals surface area contributed by atoms with Crippen LogP contribution in [0.4, 0.5) is 0 Å². The van der Waals surface area contributed by atoms with Crippen molar-refractivity contribution in [1.82, 2.24) is 9.80 Å². The smallest absolute Gasteiger partial charge is 0.0594 e. The summed E-state index contributed by atoms with van der Waals surface area (Å²) in [6.45, 7) is 6.51. The molecule has 20 heavy (non-hydrogen) atoms. The Hall–Kier alpha value is 0.710. The van der Waals surface area contributed by atoms with Gasteiger partial charge in [-0.05, 0) is 25.7 Å². The van der Waals surface area contributed by atoms with E-state index in [1.807, 2.05) is 0 Å². The van der Waals surface area contributed by atoms with Crippen molar-refractivity contribution in [3.05, 3.63) is 0 Å². The normalized spacial score (nSPS) is 33.8. The maximum Gasteiger partial charge on any atom is 0.0594 e. The number of rotatable bonds is 3. The second kappa shape index (κ2) is 9.67. The van der Waals surface area contributed by atoms with Gasteiger partial charge in [0.1, 0.15) is 0 Å². The highest BCUT2D eigenvalue weighted by atomic mass is 35.5. The van der Waals surface area contributed by atoms with E-state index < -0.39 is 0 Å². The van der Waals surface area contributed by atoms with Crippen LogP contribution in [0.1, 0.15) is 25.7 Å². The van der Waals surface area contributed by atoms with Gasteiger partial charge in [-0.2, -0.15) is 0 Å². The Kier molecular flexibility index (Phi) is 10.0. The van der Waals surface area contributed by atoms with E-state index in [1.165, 1.54) is 38.8 Å². The fourth-order valence-corrected chi connectivity index (χ4v) is 3.76. The van der Waals surface area contributed by atoms with E-state index in [0.717, 1.165) is 38.4 Å². The quantitative estimate of drug-likeness (QED) is 0.840. The zero-order chi connectivity index (χ0) is 11.7. The molecule has 0 radical (unpaired) electrons. The first-order chi connectivity index (χ1) is 8.33. The largest absolute Gasteiger partial charge is 0.379 e. The van der Waals surface area contributed by atoms with Crippen LogP contribution in [0, 0.1) is 0 Å². The highest BCUT2D eigenvalue weighted by molar-refractivity contribution is 5.86. The number of ether oxygens (including phenoxy) is 1. The summed E-state index contributed by atoms with van der Waals surface area (Å²) in [4.78, 5) is 5.27. The van der Waals surface area contributed by atoms with E-state index in [4.69, 9.17) is 10.5 Å². The zero-order valence-corrected chi connectivity index (χ0v) is 14.4. The summed E-state index contributed by atoms with van der Waals surface area (Å²) in [6, 6.07) is 2.03. The molecule has 0 aromatic heterocycles. The first-order valence-electron chi connectivity index (χ1n) is 7.14. The molecule has 0 aromatic rings. The van der Waals surface area contributed by atoms with Crippen molar-refractivity contribution in [2.24, 2.45) is 5.73 Å². The summed E-state index contributed by atoms with van der Waals surface area (Å²) in [5, 5.41) is 0. The lowest BCUT2D eigenvalue weighted by Gasteiger charge is -2.39. The van der Waals surface area contributed by atoms with Gasteiger partial charge in [-0.3, -0.25) is 9.80 Å². The molecule has 4 nitrogen and oxygen atoms in total. The lowest BCUT2D eigenvalue weighted by Crippen LogP contribution is -2.50. The molecule has 1 unspecified atom stereocenters. The molecule has 3 aliphatic heterocycles. The summed E-state index contributed by atoms with van der Waals surface area (Å²) in [6.07, 6.45) is 5.20. The third kappa shape index (κ3) is 4.87. The Bertz CT molecular complexity index is 253. The van der Waals surface area contributed by atoms with Gasteiger partial charge in [0.15, 0.2) is 0 Å². The van der Waals surface area contributed by atoms with E-state index >= 15 is 0 Å². The molecule has 0 spiro atoms. The van der Waals surface area contributed by atoms with Crippen LogP contribution in [0.15, 0.2) is 0 Å². The number of hydrogen-bond donors (Lipinski definition) is 1. The molecule has 3 heterocycles. The molecule has 3 aliphatic rings. The standard InChI is InChI=1S/C13H25N3O.3ClH/c14-11-9-12-1-2-13(10-11)16(12)4-3-15-5-7-17-8-6-15;;;/h11-13H,1-10,14H2;3*1H/t11?,12-,13+;;;. The van der Waals surface area contributed by atoms with Crippen LogP contribution in [0.3, 0.4) is 0 Å². The molecule has 2 bridgehead atoms. The van der Waals surface area contributed by atoms with Crippen molar-refractivity contribution in [2.75, 3.05) is 39.4 Å². The second-order valence-electron chi connectivity index (χ2n) is 5.81. The lowest BCUT2D eigenvalue weighted by atomic mass is 9.98. The molecule has 0 amide bonds. The summed E-state index contributed by atoms with van der Waals surface area (Å²) < 4.78 is 5.39. The van der Waals surface area contributed by atoms with Crippen LogP contribution in [0.25, 0.3) is 0 Å². The van der Waals surface area contributed by atoms with E-state index in [0.29, 0.717) is 6.04 Å². The van der Waals surface area contributed by atoms with Gasteiger partial charge < -0.3 is 10.5 Å². The van der Waals surface area contributed by atoms with Gasteiger partial charge in [0, 0.05) is 44.3 Å². The summed E-state index contributed by atoms with van der Waals surface area (Å²) in [5.41, 5.74) is 6.10. The monoisotopic (exact) mass is 347 g/mol. The molecule has 0 aromatic carbocycles. The summed E-state index contributed by atoms with van der Waals surface area (Å²) in [7, 11) is 0. The van der Waals surface area contributed by atoms with Crippen molar-refractivity contribution in [3.63, 3.8) is 0 Å². The number of nitrogens with zero attached hydrogens (tertiary/aromatic N) is 2. The highest BCUT2D eigenvalue weighted by Gasteiger charge is 2.39. The van der Waals surface area contributed by atoms with Crippen LogP contribution >= 0.6 is 37.2 Å². The molecule has 0 aliphatic carbocycles. The van der Waals surface area contributed by atoms with Crippen molar-refractivity contribution in [1.29, 1.82) is 0 Å². The number of piperidine rings is 1. The van der Waals surface area contributed by atoms with Gasteiger partial charge in [-0.1, -0.05) is 0 Å². The van der Waals surface area contributed by atoms with Gasteiger partial charge >= 0.3 is 0 Å². The van der Waals surface area contributed by atoms with Crippen LogP contribution in [-0.4, -0.2) is 67.3 Å². The first-order valence-corrected chi connectivity index (χ1v) is 7.14. The molecular formula is C13H28Cl3N3O. The lowest BCUT2D eigenvalue weighted by molar-refractivity contribution is 0.0265. The SMILES string of the molecule is Cl.Cl.Cl.NC1C[C@H]2CC[C@@H](C1)N2CCN1CCOCC1. The van der Waals surface area contributed by atoms with Crippen molar-refractivity contribution in [2.45, 2.75) is 43.8 Å². The minimum Gasteiger partial charge on any atom is -0.379 e. The first kappa shape index (κ1) is 20.7. The Morgan fingerprint density at radius 2 is 1.45 bits per heavy atom.